The van der Waals surface area contributed by atoms with Crippen LogP contribution in [0.3, 0.4) is 0 Å². The van der Waals surface area contributed by atoms with Crippen molar-refractivity contribution in [1.82, 2.24) is 0 Å². The highest BCUT2D eigenvalue weighted by Crippen LogP contribution is 2.34. The van der Waals surface area contributed by atoms with Crippen molar-refractivity contribution in [2.24, 2.45) is 5.92 Å². The first-order valence-electron chi connectivity index (χ1n) is 20.5. The lowest BCUT2D eigenvalue weighted by Crippen LogP contribution is -2.56. The number of unbranched alkanes of at least 4 members (excludes halogenated alkanes) is 1. The molecule has 61 heavy (non-hydrogen) atoms. The summed E-state index contributed by atoms with van der Waals surface area (Å²) in [4.78, 5) is 22.5. The summed E-state index contributed by atoms with van der Waals surface area (Å²) >= 11 is 0. The van der Waals surface area contributed by atoms with Gasteiger partial charge in [-0.3, -0.25) is 0 Å². The molecule has 0 radical (unpaired) electrons. The first kappa shape index (κ1) is 61.8. The summed E-state index contributed by atoms with van der Waals surface area (Å²) in [5.74, 6) is 0.188. The Morgan fingerprint density at radius 2 is 0.984 bits per heavy atom. The first-order valence-corrected chi connectivity index (χ1v) is 28.0. The van der Waals surface area contributed by atoms with E-state index < -0.39 is 46.9 Å². The summed E-state index contributed by atoms with van der Waals surface area (Å²) in [6.45, 7) is 15.8. The molecule has 2 rings (SSSR count). The summed E-state index contributed by atoms with van der Waals surface area (Å²) < 4.78 is 84.6. The first-order chi connectivity index (χ1) is 29.0. The van der Waals surface area contributed by atoms with Crippen molar-refractivity contribution >= 4 is 47.2 Å². The summed E-state index contributed by atoms with van der Waals surface area (Å²) in [5, 5.41) is 0. The molecule has 0 aromatic heterocycles. The lowest BCUT2D eigenvalue weighted by atomic mass is 10.2. The second-order valence-electron chi connectivity index (χ2n) is 14.0. The van der Waals surface area contributed by atoms with Crippen LogP contribution in [0.15, 0.2) is 24.3 Å². The summed E-state index contributed by atoms with van der Waals surface area (Å²) in [5.41, 5.74) is 0.0943. The highest BCUT2D eigenvalue weighted by molar-refractivity contribution is 6.62. The van der Waals surface area contributed by atoms with Crippen molar-refractivity contribution in [3.05, 3.63) is 24.3 Å². The average Bonchev–Trinajstić information content (AvgIpc) is 4.24. The summed E-state index contributed by atoms with van der Waals surface area (Å²) in [6, 6.07) is 1.56. The normalized spacial score (nSPS) is 16.0. The fourth-order valence-electron chi connectivity index (χ4n) is 5.65. The van der Waals surface area contributed by atoms with Crippen LogP contribution in [0.5, 0.6) is 0 Å². The highest BCUT2D eigenvalue weighted by Gasteiger charge is 2.50. The molecule has 2 fully saturated rings. The van der Waals surface area contributed by atoms with E-state index in [2.05, 4.69) is 13.2 Å². The van der Waals surface area contributed by atoms with E-state index in [-0.39, 0.29) is 17.8 Å². The Morgan fingerprint density at radius 3 is 1.31 bits per heavy atom. The second kappa shape index (κ2) is 34.1. The molecule has 3 unspecified atom stereocenters. The Hall–Kier alpha value is -1.27. The van der Waals surface area contributed by atoms with Crippen LogP contribution >= 0.6 is 0 Å². The topological polar surface area (TPSA) is 185 Å². The molecular weight excluding hydrogens is 869 g/mol. The molecule has 0 spiro atoms. The zero-order valence-corrected chi connectivity index (χ0v) is 44.3. The number of rotatable bonds is 31. The van der Waals surface area contributed by atoms with Crippen LogP contribution in [0, 0.1) is 5.92 Å². The summed E-state index contributed by atoms with van der Waals surface area (Å²) in [6.07, 6.45) is 8.96. The molecule has 1 aliphatic heterocycles. The molecule has 1 saturated carbocycles. The third-order valence-corrected chi connectivity index (χ3v) is 21.6. The van der Waals surface area contributed by atoms with E-state index in [1.165, 1.54) is 47.0 Å². The second-order valence-corrected chi connectivity index (χ2v) is 26.3. The minimum absolute atomic E-state index is 0.123. The summed E-state index contributed by atoms with van der Waals surface area (Å²) in [7, 11) is 8.54. The van der Waals surface area contributed by atoms with E-state index in [1.807, 2.05) is 13.8 Å². The lowest BCUT2D eigenvalue weighted by molar-refractivity contribution is -0.144. The van der Waals surface area contributed by atoms with Crippen LogP contribution < -0.4 is 0 Å². The number of ether oxygens (including phenoxy) is 4. The fraction of sp³-hybridized carbons (Fsp3) is 0.846. The maximum Gasteiger partial charge on any atom is 0.543 e. The van der Waals surface area contributed by atoms with Gasteiger partial charge in [-0.15, -0.1) is 0 Å². The van der Waals surface area contributed by atoms with Gasteiger partial charge in [-0.2, -0.15) is 0 Å². The molecule has 0 bridgehead atoms. The van der Waals surface area contributed by atoms with E-state index in [0.717, 1.165) is 31.4 Å². The zero-order chi connectivity index (χ0) is 47.1. The average molecular weight is 951 g/mol. The zero-order valence-electron chi connectivity index (χ0n) is 40.3. The van der Waals surface area contributed by atoms with Crippen molar-refractivity contribution in [2.45, 2.75) is 109 Å². The SMILES string of the molecule is C=C(C)C(=O)OC(CC)[Si](OC)(OC)OC.C=C(C)C(=O)OCCC[Si](OC)(OC)OC.CCC(OCC1CO1)[Si](OC)(OC)OC.CO[Si](CCCCC1CC1)(OC)OC. The molecular formula is C39H82O18Si4. The molecule has 1 saturated heterocycles. The number of epoxide rings is 1. The van der Waals surface area contributed by atoms with Gasteiger partial charge in [0, 0.05) is 109 Å². The van der Waals surface area contributed by atoms with Crippen LogP contribution in [0.4, 0.5) is 0 Å². The Labute approximate surface area is 371 Å². The van der Waals surface area contributed by atoms with Crippen LogP contribution in [-0.2, 0) is 81.6 Å². The van der Waals surface area contributed by atoms with Crippen LogP contribution in [0.2, 0.25) is 12.1 Å². The molecule has 22 heteroatoms. The standard InChI is InChI=1S/2C10H20O5Si.C10H22O3Si.C9H20O5Si/c1-9(2)10(11)15-7-6-8-16(12-3,13-4)14-5;1-7-9(15-10(11)8(2)3)16(12-4,13-5)14-6;1-11-14(12-2,13-3)9-5-4-6-10-7-8-10;1-5-9(14-7-8-6-13-8)15(10-2,11-3)12-4/h1,6-8H2,2-5H3;9H,2,7H2,1,3-6H3;10H,4-9H2,1-3H3;8-9H,5-7H2,1-4H3. The van der Waals surface area contributed by atoms with E-state index in [1.54, 1.807) is 77.8 Å². The van der Waals surface area contributed by atoms with Gasteiger partial charge in [-0.1, -0.05) is 52.7 Å². The quantitative estimate of drug-likeness (QED) is 0.0270. The number of hydrogen-bond donors (Lipinski definition) is 0. The van der Waals surface area contributed by atoms with Gasteiger partial charge in [-0.05, 0) is 45.4 Å². The largest absolute Gasteiger partial charge is 0.543 e. The molecule has 3 atom stereocenters. The minimum Gasteiger partial charge on any atom is -0.462 e. The van der Waals surface area contributed by atoms with Crippen molar-refractivity contribution in [3.8, 4) is 0 Å². The number of hydrogen-bond acceptors (Lipinski definition) is 18. The van der Waals surface area contributed by atoms with Gasteiger partial charge >= 0.3 is 47.2 Å². The molecule has 0 N–H and O–H groups in total. The predicted octanol–water partition coefficient (Wildman–Crippen LogP) is 5.72. The van der Waals surface area contributed by atoms with Crippen LogP contribution in [0.1, 0.15) is 79.1 Å². The Balaban J connectivity index is 0. The Kier molecular flexibility index (Phi) is 34.6. The molecule has 1 heterocycles. The molecule has 362 valence electrons. The monoisotopic (exact) mass is 950 g/mol. The van der Waals surface area contributed by atoms with Gasteiger partial charge in [0.1, 0.15) is 11.8 Å². The molecule has 2 aliphatic rings. The predicted molar refractivity (Wildman–Crippen MR) is 238 cm³/mol. The van der Waals surface area contributed by atoms with Gasteiger partial charge in [0.2, 0.25) is 0 Å². The van der Waals surface area contributed by atoms with Crippen molar-refractivity contribution < 1.29 is 81.6 Å². The maximum absolute atomic E-state index is 11.4. The van der Waals surface area contributed by atoms with Crippen molar-refractivity contribution in [3.63, 3.8) is 0 Å². The molecule has 0 amide bonds. The number of carbonyl (C=O) groups is 2. The smallest absolute Gasteiger partial charge is 0.462 e. The van der Waals surface area contributed by atoms with E-state index in [4.69, 9.17) is 72.1 Å². The van der Waals surface area contributed by atoms with E-state index in [9.17, 15) is 9.59 Å². The van der Waals surface area contributed by atoms with Gasteiger partial charge in [0.15, 0.2) is 5.73 Å². The Morgan fingerprint density at radius 1 is 0.590 bits per heavy atom. The molecule has 18 nitrogen and oxygen atoms in total. The third kappa shape index (κ3) is 23.5. The molecule has 0 aromatic rings. The maximum atomic E-state index is 11.4. The van der Waals surface area contributed by atoms with Crippen molar-refractivity contribution in [1.29, 1.82) is 0 Å². The van der Waals surface area contributed by atoms with Crippen molar-refractivity contribution in [2.75, 3.05) is 105 Å². The number of carbonyl (C=O) groups excluding carboxylic acids is 2. The van der Waals surface area contributed by atoms with E-state index in [0.29, 0.717) is 43.2 Å². The lowest BCUT2D eigenvalue weighted by Gasteiger charge is -2.31. The van der Waals surface area contributed by atoms with Gasteiger partial charge in [0.05, 0.1) is 19.8 Å². The third-order valence-electron chi connectivity index (χ3n) is 9.84. The van der Waals surface area contributed by atoms with Crippen LogP contribution in [-0.4, -0.2) is 170 Å². The van der Waals surface area contributed by atoms with Gasteiger partial charge in [0.25, 0.3) is 0 Å². The molecule has 1 aliphatic carbocycles. The number of esters is 2. The highest BCUT2D eigenvalue weighted by atomic mass is 28.4. The van der Waals surface area contributed by atoms with Gasteiger partial charge in [-0.25, -0.2) is 9.59 Å². The molecule has 0 aromatic carbocycles. The minimum atomic E-state index is -2.94. The van der Waals surface area contributed by atoms with E-state index >= 15 is 0 Å². The fourth-order valence-corrected chi connectivity index (χ4v) is 13.3. The van der Waals surface area contributed by atoms with Gasteiger partial charge < -0.3 is 72.1 Å². The van der Waals surface area contributed by atoms with Crippen LogP contribution in [0.25, 0.3) is 0 Å². The Bertz CT molecular complexity index is 1140.